The summed E-state index contributed by atoms with van der Waals surface area (Å²) in [6.45, 7) is 4.09. The van der Waals surface area contributed by atoms with Crippen LogP contribution in [0.3, 0.4) is 0 Å². The molecule has 0 bridgehead atoms. The van der Waals surface area contributed by atoms with Crippen molar-refractivity contribution in [2.45, 2.75) is 13.8 Å². The molecular weight excluding hydrogens is 599 g/mol. The third kappa shape index (κ3) is 3.41. The summed E-state index contributed by atoms with van der Waals surface area (Å²) in [5, 5.41) is 0. The van der Waals surface area contributed by atoms with Crippen molar-refractivity contribution < 1.29 is 0 Å². The Balaban J connectivity index is 1.74. The molecule has 0 saturated heterocycles. The van der Waals surface area contributed by atoms with E-state index >= 15 is 0 Å². The van der Waals surface area contributed by atoms with Gasteiger partial charge in [-0.2, -0.15) is 0 Å². The molecule has 0 unspecified atom stereocenters. The zero-order chi connectivity index (χ0) is 22.5. The first-order chi connectivity index (χ1) is 16.1. The first kappa shape index (κ1) is 20.4. The van der Waals surface area contributed by atoms with Gasteiger partial charge in [-0.25, -0.2) is 0 Å². The number of rotatable bonds is 1. The predicted molar refractivity (Wildman–Crippen MR) is 135 cm³/mol. The van der Waals surface area contributed by atoms with Crippen molar-refractivity contribution in [2.75, 3.05) is 0 Å². The quantitative estimate of drug-likeness (QED) is 0.214. The second-order valence-electron chi connectivity index (χ2n) is 8.36. The van der Waals surface area contributed by atoms with Crippen molar-refractivity contribution in [1.82, 2.24) is 15.0 Å². The molecule has 0 spiro atoms. The summed E-state index contributed by atoms with van der Waals surface area (Å²) >= 11 is 1.02. The fourth-order valence-corrected chi connectivity index (χ4v) is 5.77. The molecule has 3 nitrogen and oxygen atoms in total. The summed E-state index contributed by atoms with van der Waals surface area (Å²) in [7, 11) is 0. The molecular formula is C29H20BiN3. The van der Waals surface area contributed by atoms with E-state index in [-0.39, 0.29) is 0 Å². The summed E-state index contributed by atoms with van der Waals surface area (Å²) in [4.78, 5) is 13.8. The molecule has 4 heteroatoms. The molecule has 4 aromatic carbocycles. The second kappa shape index (κ2) is 7.97. The van der Waals surface area contributed by atoms with Crippen LogP contribution in [-0.2, 0) is 0 Å². The Bertz CT molecular complexity index is 1530. The van der Waals surface area contributed by atoms with Crippen LogP contribution in [0, 0.1) is 13.8 Å². The Morgan fingerprint density at radius 3 is 1.36 bits per heavy atom. The van der Waals surface area contributed by atoms with Crippen molar-refractivity contribution in [3.05, 3.63) is 96.3 Å². The molecule has 1 aliphatic rings. The number of nitrogens with zero attached hydrogens (tertiary/aromatic N) is 3. The van der Waals surface area contributed by atoms with Crippen LogP contribution >= 0.6 is 0 Å². The third-order valence-electron chi connectivity index (χ3n) is 6.28. The molecule has 1 heterocycles. The SMILES string of the molecule is Cc1n[c]([Bi])nc(-c2cc3c(cc2C)-c2ccccc2-c2ccccc2-c2ccccc2-3)n1. The average Bonchev–Trinajstić information content (AvgIpc) is 2.82. The number of benzene rings is 4. The van der Waals surface area contributed by atoms with Crippen molar-refractivity contribution in [2.24, 2.45) is 0 Å². The van der Waals surface area contributed by atoms with Gasteiger partial charge in [0.15, 0.2) is 0 Å². The van der Waals surface area contributed by atoms with E-state index in [9.17, 15) is 0 Å². The van der Waals surface area contributed by atoms with Crippen LogP contribution < -0.4 is 3.53 Å². The van der Waals surface area contributed by atoms with Crippen LogP contribution in [0.25, 0.3) is 55.9 Å². The molecule has 2 radical (unpaired) electrons. The first-order valence-electron chi connectivity index (χ1n) is 11.0. The summed E-state index contributed by atoms with van der Waals surface area (Å²) in [5.74, 6) is 1.52. The van der Waals surface area contributed by atoms with E-state index < -0.39 is 0 Å². The maximum absolute atomic E-state index is 4.72. The molecule has 33 heavy (non-hydrogen) atoms. The Morgan fingerprint density at radius 1 is 0.485 bits per heavy atom. The molecule has 0 aliphatic heterocycles. The normalized spacial score (nSPS) is 11.5. The van der Waals surface area contributed by atoms with Gasteiger partial charge in [0.1, 0.15) is 0 Å². The van der Waals surface area contributed by atoms with E-state index in [4.69, 9.17) is 4.98 Å². The topological polar surface area (TPSA) is 38.7 Å². The Labute approximate surface area is 208 Å². The molecule has 1 aromatic heterocycles. The molecule has 1 aliphatic carbocycles. The number of aromatic nitrogens is 3. The van der Waals surface area contributed by atoms with Gasteiger partial charge < -0.3 is 0 Å². The van der Waals surface area contributed by atoms with Gasteiger partial charge in [0.25, 0.3) is 0 Å². The monoisotopic (exact) mass is 619 g/mol. The zero-order valence-corrected chi connectivity index (χ0v) is 21.8. The van der Waals surface area contributed by atoms with Gasteiger partial charge in [-0.05, 0) is 0 Å². The minimum atomic E-state index is 0.758. The maximum atomic E-state index is 4.72. The Kier molecular flexibility index (Phi) is 4.92. The summed E-state index contributed by atoms with van der Waals surface area (Å²) in [5.41, 5.74) is 12.2. The van der Waals surface area contributed by atoms with Crippen LogP contribution in [0.5, 0.6) is 0 Å². The summed E-state index contributed by atoms with van der Waals surface area (Å²) in [6.07, 6.45) is 0. The molecule has 156 valence electrons. The third-order valence-corrected chi connectivity index (χ3v) is 7.06. The van der Waals surface area contributed by atoms with Gasteiger partial charge in [0, 0.05) is 0 Å². The van der Waals surface area contributed by atoms with Gasteiger partial charge >= 0.3 is 209 Å². The minimum absolute atomic E-state index is 0.758. The van der Waals surface area contributed by atoms with Crippen LogP contribution in [0.2, 0.25) is 0 Å². The average molecular weight is 619 g/mol. The van der Waals surface area contributed by atoms with Gasteiger partial charge in [0.05, 0.1) is 0 Å². The Hall–Kier alpha value is -3.23. The van der Waals surface area contributed by atoms with Gasteiger partial charge in [0.2, 0.25) is 0 Å². The van der Waals surface area contributed by atoms with Crippen molar-refractivity contribution in [3.63, 3.8) is 0 Å². The molecule has 6 rings (SSSR count). The van der Waals surface area contributed by atoms with Gasteiger partial charge in [-0.1, -0.05) is 0 Å². The van der Waals surface area contributed by atoms with Crippen LogP contribution in [0.4, 0.5) is 0 Å². The number of hydrogen-bond donors (Lipinski definition) is 0. The summed E-state index contributed by atoms with van der Waals surface area (Å²) in [6, 6.07) is 30.7. The van der Waals surface area contributed by atoms with Gasteiger partial charge in [-0.15, -0.1) is 0 Å². The zero-order valence-electron chi connectivity index (χ0n) is 18.4. The summed E-state index contributed by atoms with van der Waals surface area (Å²) < 4.78 is 0.850. The number of aryl methyl sites for hydroxylation is 2. The molecule has 0 N–H and O–H groups in total. The van der Waals surface area contributed by atoms with E-state index in [2.05, 4.69) is 102 Å². The van der Waals surface area contributed by atoms with E-state index in [1.807, 2.05) is 6.92 Å². The molecule has 0 saturated carbocycles. The predicted octanol–water partition coefficient (Wildman–Crippen LogP) is 5.93. The Morgan fingerprint density at radius 2 is 0.909 bits per heavy atom. The number of fused-ring (bicyclic) bond motifs is 8. The van der Waals surface area contributed by atoms with E-state index in [0.717, 1.165) is 45.5 Å². The van der Waals surface area contributed by atoms with Crippen molar-refractivity contribution in [1.29, 1.82) is 0 Å². The van der Waals surface area contributed by atoms with Crippen molar-refractivity contribution in [3.8, 4) is 55.9 Å². The molecule has 0 atom stereocenters. The first-order valence-corrected chi connectivity index (χ1v) is 12.7. The van der Waals surface area contributed by atoms with Crippen LogP contribution in [-0.4, -0.2) is 39.7 Å². The number of hydrogen-bond acceptors (Lipinski definition) is 3. The van der Waals surface area contributed by atoms with Crippen LogP contribution in [0.15, 0.2) is 84.9 Å². The second-order valence-corrected chi connectivity index (χ2v) is 9.91. The van der Waals surface area contributed by atoms with E-state index in [0.29, 0.717) is 0 Å². The van der Waals surface area contributed by atoms with Gasteiger partial charge in [-0.3, -0.25) is 0 Å². The fraction of sp³-hybridized carbons (Fsp3) is 0.0690. The standard InChI is InChI=1S/C29H20N3.Bi/c1-18-15-27-24-13-7-5-11-22(24)20-9-3-4-10-21(20)23-12-6-8-14-25(23)28(27)16-26(18)29-31-17-30-19(2)32-29;/h3-16H,1-2H3;. The van der Waals surface area contributed by atoms with E-state index in [1.165, 1.54) is 50.1 Å². The molecule has 0 amide bonds. The van der Waals surface area contributed by atoms with Crippen molar-refractivity contribution >= 4 is 28.3 Å². The van der Waals surface area contributed by atoms with E-state index in [1.54, 1.807) is 0 Å². The molecule has 5 aromatic rings. The van der Waals surface area contributed by atoms with Crippen LogP contribution in [0.1, 0.15) is 11.4 Å². The molecule has 0 fully saturated rings. The fourth-order valence-electron chi connectivity index (χ4n) is 4.84.